The normalized spacial score (nSPS) is 13.4. The van der Waals surface area contributed by atoms with Crippen molar-refractivity contribution in [2.24, 2.45) is 11.1 Å². The molecule has 0 spiro atoms. The van der Waals surface area contributed by atoms with Gasteiger partial charge in [0.05, 0.1) is 14.2 Å². The number of nitrogens with two attached hydrogens (primary N) is 1. The molecule has 4 heteroatoms. The van der Waals surface area contributed by atoms with E-state index in [0.717, 1.165) is 23.6 Å². The van der Waals surface area contributed by atoms with Crippen LogP contribution in [0, 0.1) is 5.41 Å². The van der Waals surface area contributed by atoms with Gasteiger partial charge in [-0.1, -0.05) is 13.8 Å². The number of nitrogens with zero attached hydrogens (tertiary/aromatic N) is 1. The second-order valence-corrected chi connectivity index (χ2v) is 6.07. The first-order valence-electron chi connectivity index (χ1n) is 6.97. The quantitative estimate of drug-likeness (QED) is 0.834. The van der Waals surface area contributed by atoms with E-state index in [0.29, 0.717) is 6.54 Å². The van der Waals surface area contributed by atoms with Gasteiger partial charge in [-0.15, -0.1) is 0 Å². The van der Waals surface area contributed by atoms with E-state index in [1.54, 1.807) is 14.2 Å². The molecule has 1 aromatic rings. The van der Waals surface area contributed by atoms with Crippen LogP contribution in [0.25, 0.3) is 0 Å². The maximum absolute atomic E-state index is 5.82. The van der Waals surface area contributed by atoms with Crippen LogP contribution in [0.5, 0.6) is 11.5 Å². The summed E-state index contributed by atoms with van der Waals surface area (Å²) < 4.78 is 10.8. The molecule has 0 bridgehead atoms. The van der Waals surface area contributed by atoms with Crippen LogP contribution in [0.1, 0.15) is 32.4 Å². The summed E-state index contributed by atoms with van der Waals surface area (Å²) in [5.41, 5.74) is 7.04. The lowest BCUT2D eigenvalue weighted by atomic mass is 9.92. The summed E-state index contributed by atoms with van der Waals surface area (Å²) in [5, 5.41) is 0. The number of rotatable bonds is 7. The summed E-state index contributed by atoms with van der Waals surface area (Å²) in [6.45, 7) is 8.12. The second-order valence-electron chi connectivity index (χ2n) is 6.07. The molecule has 0 fully saturated rings. The third kappa shape index (κ3) is 4.12. The highest BCUT2D eigenvalue weighted by Crippen LogP contribution is 2.33. The Kier molecular flexibility index (Phi) is 5.84. The molecule has 4 nitrogen and oxygen atoms in total. The maximum atomic E-state index is 5.82. The minimum absolute atomic E-state index is 0.0924. The third-order valence-corrected chi connectivity index (χ3v) is 3.78. The molecule has 0 aromatic heterocycles. The van der Waals surface area contributed by atoms with E-state index in [1.807, 2.05) is 18.2 Å². The fraction of sp³-hybridized carbons (Fsp3) is 0.625. The molecule has 20 heavy (non-hydrogen) atoms. The highest BCUT2D eigenvalue weighted by atomic mass is 16.5. The average molecular weight is 280 g/mol. The van der Waals surface area contributed by atoms with Gasteiger partial charge in [-0.3, -0.25) is 4.90 Å². The molecular weight excluding hydrogens is 252 g/mol. The molecule has 1 unspecified atom stereocenters. The molecule has 0 heterocycles. The van der Waals surface area contributed by atoms with Gasteiger partial charge in [0.15, 0.2) is 0 Å². The lowest BCUT2D eigenvalue weighted by molar-refractivity contribution is 0.172. The van der Waals surface area contributed by atoms with Crippen molar-refractivity contribution in [2.45, 2.75) is 26.8 Å². The first kappa shape index (κ1) is 16.8. The summed E-state index contributed by atoms with van der Waals surface area (Å²) in [6, 6.07) is 6.13. The molecule has 1 atom stereocenters. The average Bonchev–Trinajstić information content (AvgIpc) is 2.45. The van der Waals surface area contributed by atoms with Crippen LogP contribution < -0.4 is 15.2 Å². The molecular formula is C16H28N2O2. The smallest absolute Gasteiger partial charge is 0.123 e. The Morgan fingerprint density at radius 2 is 1.90 bits per heavy atom. The van der Waals surface area contributed by atoms with E-state index in [9.17, 15) is 0 Å². The Morgan fingerprint density at radius 3 is 2.40 bits per heavy atom. The van der Waals surface area contributed by atoms with E-state index >= 15 is 0 Å². The molecule has 0 aliphatic carbocycles. The lowest BCUT2D eigenvalue weighted by Crippen LogP contribution is -2.38. The number of methoxy groups -OCH3 is 2. The molecule has 0 saturated carbocycles. The van der Waals surface area contributed by atoms with Crippen LogP contribution in [0.2, 0.25) is 0 Å². The Bertz CT molecular complexity index is 432. The highest BCUT2D eigenvalue weighted by Gasteiger charge is 2.23. The van der Waals surface area contributed by atoms with E-state index in [4.69, 9.17) is 15.2 Å². The van der Waals surface area contributed by atoms with Gasteiger partial charge >= 0.3 is 0 Å². The monoisotopic (exact) mass is 280 g/mol. The van der Waals surface area contributed by atoms with Gasteiger partial charge in [0.1, 0.15) is 11.5 Å². The standard InChI is InChI=1S/C16H28N2O2/c1-12(18(4)11-16(2,3)10-17)14-9-13(19-5)7-8-15(14)20-6/h7-9,12H,10-11,17H2,1-6H3. The van der Waals surface area contributed by atoms with Crippen molar-refractivity contribution < 1.29 is 9.47 Å². The Hall–Kier alpha value is -1.26. The maximum Gasteiger partial charge on any atom is 0.123 e. The number of benzene rings is 1. The minimum atomic E-state index is 0.0924. The van der Waals surface area contributed by atoms with Crippen molar-refractivity contribution in [3.63, 3.8) is 0 Å². The molecule has 1 rings (SSSR count). The van der Waals surface area contributed by atoms with E-state index < -0.39 is 0 Å². The molecule has 0 radical (unpaired) electrons. The van der Waals surface area contributed by atoms with Gasteiger partial charge in [0.25, 0.3) is 0 Å². The van der Waals surface area contributed by atoms with Crippen LogP contribution in [0.3, 0.4) is 0 Å². The van der Waals surface area contributed by atoms with Crippen LogP contribution in [0.15, 0.2) is 18.2 Å². The van der Waals surface area contributed by atoms with Gasteiger partial charge in [-0.25, -0.2) is 0 Å². The zero-order valence-corrected chi connectivity index (χ0v) is 13.6. The van der Waals surface area contributed by atoms with Gasteiger partial charge in [0.2, 0.25) is 0 Å². The van der Waals surface area contributed by atoms with Gasteiger partial charge in [0, 0.05) is 18.2 Å². The number of hydrogen-bond donors (Lipinski definition) is 1. The molecule has 1 aromatic carbocycles. The van der Waals surface area contributed by atoms with Crippen LogP contribution in [0.4, 0.5) is 0 Å². The van der Waals surface area contributed by atoms with Crippen molar-refractivity contribution >= 4 is 0 Å². The van der Waals surface area contributed by atoms with Crippen LogP contribution in [-0.4, -0.2) is 39.3 Å². The van der Waals surface area contributed by atoms with Crippen LogP contribution in [-0.2, 0) is 0 Å². The third-order valence-electron chi connectivity index (χ3n) is 3.78. The molecule has 0 aliphatic heterocycles. The van der Waals surface area contributed by atoms with Crippen molar-refractivity contribution in [2.75, 3.05) is 34.4 Å². The molecule has 0 aliphatic rings. The van der Waals surface area contributed by atoms with E-state index in [1.165, 1.54) is 0 Å². The molecule has 114 valence electrons. The summed E-state index contributed by atoms with van der Waals surface area (Å²) in [4.78, 5) is 2.30. The van der Waals surface area contributed by atoms with Crippen LogP contribution >= 0.6 is 0 Å². The fourth-order valence-corrected chi connectivity index (χ4v) is 2.28. The fourth-order valence-electron chi connectivity index (χ4n) is 2.28. The summed E-state index contributed by atoms with van der Waals surface area (Å²) in [7, 11) is 5.49. The topological polar surface area (TPSA) is 47.7 Å². The van der Waals surface area contributed by atoms with E-state index in [-0.39, 0.29) is 11.5 Å². The first-order chi connectivity index (χ1) is 9.34. The van der Waals surface area contributed by atoms with Crippen molar-refractivity contribution in [1.29, 1.82) is 0 Å². The van der Waals surface area contributed by atoms with Crippen molar-refractivity contribution in [3.05, 3.63) is 23.8 Å². The number of ether oxygens (including phenoxy) is 2. The Morgan fingerprint density at radius 1 is 1.25 bits per heavy atom. The minimum Gasteiger partial charge on any atom is -0.497 e. The second kappa shape index (κ2) is 6.95. The summed E-state index contributed by atoms with van der Waals surface area (Å²) in [5.74, 6) is 1.73. The summed E-state index contributed by atoms with van der Waals surface area (Å²) in [6.07, 6.45) is 0. The largest absolute Gasteiger partial charge is 0.497 e. The zero-order valence-electron chi connectivity index (χ0n) is 13.6. The number of hydrogen-bond acceptors (Lipinski definition) is 4. The van der Waals surface area contributed by atoms with Crippen molar-refractivity contribution in [1.82, 2.24) is 4.90 Å². The predicted octanol–water partition coefficient (Wildman–Crippen LogP) is 2.68. The van der Waals surface area contributed by atoms with Gasteiger partial charge < -0.3 is 15.2 Å². The molecule has 0 amide bonds. The lowest BCUT2D eigenvalue weighted by Gasteiger charge is -2.33. The molecule has 2 N–H and O–H groups in total. The SMILES string of the molecule is COc1ccc(OC)c(C(C)N(C)CC(C)(C)CN)c1. The van der Waals surface area contributed by atoms with E-state index in [2.05, 4.69) is 32.7 Å². The summed E-state index contributed by atoms with van der Waals surface area (Å²) >= 11 is 0. The predicted molar refractivity (Wildman–Crippen MR) is 83.4 cm³/mol. The van der Waals surface area contributed by atoms with Gasteiger partial charge in [-0.05, 0) is 44.1 Å². The zero-order chi connectivity index (χ0) is 15.3. The Balaban J connectivity index is 2.97. The van der Waals surface area contributed by atoms with Crippen molar-refractivity contribution in [3.8, 4) is 11.5 Å². The Labute approximate surface area is 122 Å². The first-order valence-corrected chi connectivity index (χ1v) is 6.97. The molecule has 0 saturated heterocycles. The highest BCUT2D eigenvalue weighted by molar-refractivity contribution is 5.42. The van der Waals surface area contributed by atoms with Gasteiger partial charge in [-0.2, -0.15) is 0 Å².